The number of thiocarbonyl (C=S) groups is 1. The van der Waals surface area contributed by atoms with Crippen LogP contribution in [0.15, 0.2) is 41.5 Å². The van der Waals surface area contributed by atoms with Crippen LogP contribution in [0.5, 0.6) is 0 Å². The van der Waals surface area contributed by atoms with Crippen molar-refractivity contribution in [3.05, 3.63) is 36.5 Å². The molecule has 0 saturated carbocycles. The molecule has 0 amide bonds. The van der Waals surface area contributed by atoms with Gasteiger partial charge in [0.15, 0.2) is 5.66 Å². The standard InChI is InChI=1S/C14H18N4OS/c1-3-19-13(20)14(2)16-9-8-12(18-14)17-11-7-5-4-6-10(11)15/h4-9,16H,3,15H2,1-2H3,(H,17,18). The lowest BCUT2D eigenvalue weighted by Crippen LogP contribution is -2.48. The van der Waals surface area contributed by atoms with Crippen LogP contribution in [-0.4, -0.2) is 23.2 Å². The van der Waals surface area contributed by atoms with Crippen LogP contribution in [0.2, 0.25) is 0 Å². The molecule has 106 valence electrons. The molecular formula is C14H18N4OS. The Morgan fingerprint density at radius 1 is 1.50 bits per heavy atom. The molecule has 5 nitrogen and oxygen atoms in total. The topological polar surface area (TPSA) is 71.7 Å². The highest BCUT2D eigenvalue weighted by Gasteiger charge is 2.31. The minimum atomic E-state index is -0.758. The van der Waals surface area contributed by atoms with E-state index in [4.69, 9.17) is 22.7 Å². The molecule has 1 aromatic rings. The van der Waals surface area contributed by atoms with E-state index in [0.717, 1.165) is 5.69 Å². The van der Waals surface area contributed by atoms with Crippen molar-refractivity contribution in [1.82, 2.24) is 5.32 Å². The summed E-state index contributed by atoms with van der Waals surface area (Å²) < 4.78 is 5.38. The summed E-state index contributed by atoms with van der Waals surface area (Å²) in [5.74, 6) is 0.672. The normalized spacial score (nSPS) is 20.8. The highest BCUT2D eigenvalue weighted by Crippen LogP contribution is 2.20. The van der Waals surface area contributed by atoms with Gasteiger partial charge in [-0.05, 0) is 44.3 Å². The zero-order valence-electron chi connectivity index (χ0n) is 11.5. The molecule has 4 N–H and O–H groups in total. The molecule has 1 aliphatic rings. The molecule has 0 saturated heterocycles. The van der Waals surface area contributed by atoms with Gasteiger partial charge in [0, 0.05) is 6.20 Å². The average molecular weight is 290 g/mol. The van der Waals surface area contributed by atoms with E-state index in [1.165, 1.54) is 0 Å². The summed E-state index contributed by atoms with van der Waals surface area (Å²) in [7, 11) is 0. The number of hydrogen-bond acceptors (Lipinski definition) is 6. The lowest BCUT2D eigenvalue weighted by molar-refractivity contribution is 0.296. The predicted molar refractivity (Wildman–Crippen MR) is 86.8 cm³/mol. The zero-order valence-corrected chi connectivity index (χ0v) is 12.3. The number of aliphatic imine (C=N–C) groups is 1. The van der Waals surface area contributed by atoms with E-state index in [1.54, 1.807) is 6.20 Å². The van der Waals surface area contributed by atoms with Crippen molar-refractivity contribution in [3.8, 4) is 0 Å². The Morgan fingerprint density at radius 2 is 2.25 bits per heavy atom. The second kappa shape index (κ2) is 5.92. The van der Waals surface area contributed by atoms with Gasteiger partial charge >= 0.3 is 0 Å². The maximum absolute atomic E-state index is 5.91. The number of para-hydroxylation sites is 2. The Balaban J connectivity index is 2.20. The van der Waals surface area contributed by atoms with Crippen LogP contribution in [0.25, 0.3) is 0 Å². The van der Waals surface area contributed by atoms with E-state index < -0.39 is 5.66 Å². The summed E-state index contributed by atoms with van der Waals surface area (Å²) >= 11 is 5.25. The average Bonchev–Trinajstić information content (AvgIpc) is 2.42. The van der Waals surface area contributed by atoms with Crippen LogP contribution in [0.1, 0.15) is 13.8 Å². The van der Waals surface area contributed by atoms with Gasteiger partial charge in [0.2, 0.25) is 5.05 Å². The molecule has 0 aromatic heterocycles. The summed E-state index contributed by atoms with van der Waals surface area (Å²) in [6.45, 7) is 4.27. The second-order valence-electron chi connectivity index (χ2n) is 4.48. The number of rotatable bonds is 3. The van der Waals surface area contributed by atoms with Crippen LogP contribution < -0.4 is 16.4 Å². The fourth-order valence-electron chi connectivity index (χ4n) is 1.79. The van der Waals surface area contributed by atoms with Crippen LogP contribution in [0.3, 0.4) is 0 Å². The summed E-state index contributed by atoms with van der Waals surface area (Å²) in [6, 6.07) is 7.52. The number of anilines is 2. The predicted octanol–water partition coefficient (Wildman–Crippen LogP) is 2.28. The van der Waals surface area contributed by atoms with Crippen LogP contribution in [0, 0.1) is 0 Å². The van der Waals surface area contributed by atoms with Crippen molar-refractivity contribution in [2.45, 2.75) is 19.5 Å². The van der Waals surface area contributed by atoms with Gasteiger partial charge in [0.05, 0.1) is 18.0 Å². The lowest BCUT2D eigenvalue weighted by atomic mass is 10.2. The maximum Gasteiger partial charge on any atom is 0.208 e. The van der Waals surface area contributed by atoms with Crippen molar-refractivity contribution in [2.75, 3.05) is 17.7 Å². The van der Waals surface area contributed by atoms with Crippen molar-refractivity contribution >= 4 is 34.5 Å². The van der Waals surface area contributed by atoms with E-state index in [1.807, 2.05) is 44.2 Å². The minimum Gasteiger partial charge on any atom is -0.484 e. The molecule has 6 heteroatoms. The van der Waals surface area contributed by atoms with E-state index in [-0.39, 0.29) is 0 Å². The Hall–Kier alpha value is -2.08. The number of nitrogens with two attached hydrogens (primary N) is 1. The maximum atomic E-state index is 5.91. The van der Waals surface area contributed by atoms with Gasteiger partial charge < -0.3 is 21.1 Å². The smallest absolute Gasteiger partial charge is 0.208 e. The van der Waals surface area contributed by atoms with E-state index in [0.29, 0.717) is 23.2 Å². The third-order valence-electron chi connectivity index (χ3n) is 2.85. The first-order valence-corrected chi connectivity index (χ1v) is 6.79. The Bertz CT molecular complexity index is 570. The summed E-state index contributed by atoms with van der Waals surface area (Å²) in [5, 5.41) is 6.70. The van der Waals surface area contributed by atoms with Crippen molar-refractivity contribution in [1.29, 1.82) is 0 Å². The molecule has 0 aliphatic carbocycles. The number of nitrogens with zero attached hydrogens (tertiary/aromatic N) is 1. The zero-order chi connectivity index (χ0) is 14.6. The fraction of sp³-hybridized carbons (Fsp3) is 0.286. The van der Waals surface area contributed by atoms with Gasteiger partial charge in [0.1, 0.15) is 5.84 Å². The van der Waals surface area contributed by atoms with E-state index in [2.05, 4.69) is 15.6 Å². The lowest BCUT2D eigenvalue weighted by Gasteiger charge is -2.29. The molecule has 0 radical (unpaired) electrons. The third kappa shape index (κ3) is 3.08. The highest BCUT2D eigenvalue weighted by atomic mass is 32.1. The molecule has 2 rings (SSSR count). The number of nitrogen functional groups attached to an aromatic ring is 1. The van der Waals surface area contributed by atoms with Crippen molar-refractivity contribution in [3.63, 3.8) is 0 Å². The van der Waals surface area contributed by atoms with Crippen LogP contribution in [-0.2, 0) is 4.74 Å². The summed E-state index contributed by atoms with van der Waals surface area (Å²) in [6.07, 6.45) is 3.61. The molecule has 1 unspecified atom stereocenters. The number of nitrogens with one attached hydrogen (secondary N) is 2. The molecular weight excluding hydrogens is 272 g/mol. The first-order valence-electron chi connectivity index (χ1n) is 6.38. The van der Waals surface area contributed by atoms with Gasteiger partial charge in [-0.2, -0.15) is 0 Å². The first-order chi connectivity index (χ1) is 9.55. The minimum absolute atomic E-state index is 0.407. The summed E-state index contributed by atoms with van der Waals surface area (Å²) in [4.78, 5) is 4.55. The SMILES string of the molecule is CCOC(=S)C1(C)N=C(Nc2ccccc2N)C=CN1. The number of hydrogen-bond donors (Lipinski definition) is 3. The number of ether oxygens (including phenoxy) is 1. The molecule has 0 fully saturated rings. The van der Waals surface area contributed by atoms with Gasteiger partial charge in [0.25, 0.3) is 0 Å². The van der Waals surface area contributed by atoms with Gasteiger partial charge in [-0.25, -0.2) is 4.99 Å². The van der Waals surface area contributed by atoms with Crippen molar-refractivity contribution < 1.29 is 4.74 Å². The number of amidine groups is 1. The van der Waals surface area contributed by atoms with E-state index >= 15 is 0 Å². The largest absolute Gasteiger partial charge is 0.484 e. The van der Waals surface area contributed by atoms with Crippen molar-refractivity contribution in [2.24, 2.45) is 4.99 Å². The van der Waals surface area contributed by atoms with Gasteiger partial charge in [-0.1, -0.05) is 12.1 Å². The third-order valence-corrected chi connectivity index (χ3v) is 3.36. The molecule has 1 heterocycles. The monoisotopic (exact) mass is 290 g/mol. The Kier molecular flexibility index (Phi) is 4.24. The van der Waals surface area contributed by atoms with Gasteiger partial charge in [-0.3, -0.25) is 0 Å². The number of benzene rings is 1. The second-order valence-corrected chi connectivity index (χ2v) is 4.85. The Morgan fingerprint density at radius 3 is 2.95 bits per heavy atom. The molecule has 20 heavy (non-hydrogen) atoms. The molecule has 1 aromatic carbocycles. The molecule has 0 bridgehead atoms. The quantitative estimate of drug-likeness (QED) is 0.588. The molecule has 1 atom stereocenters. The Labute approximate surface area is 123 Å². The van der Waals surface area contributed by atoms with Gasteiger partial charge in [-0.15, -0.1) is 0 Å². The molecule has 0 spiro atoms. The summed E-state index contributed by atoms with van der Waals surface area (Å²) in [5.41, 5.74) is 6.62. The van der Waals surface area contributed by atoms with Crippen LogP contribution in [0.4, 0.5) is 11.4 Å². The van der Waals surface area contributed by atoms with E-state index in [9.17, 15) is 0 Å². The fourth-order valence-corrected chi connectivity index (χ4v) is 2.01. The highest BCUT2D eigenvalue weighted by molar-refractivity contribution is 7.80. The van der Waals surface area contributed by atoms with Crippen LogP contribution >= 0.6 is 12.2 Å². The molecule has 1 aliphatic heterocycles. The first kappa shape index (κ1) is 14.3.